The number of carbonyl (C=O) groups excluding carboxylic acids is 1. The van der Waals surface area contributed by atoms with E-state index in [0.29, 0.717) is 18.0 Å². The molecule has 0 saturated carbocycles. The third-order valence-electron chi connectivity index (χ3n) is 5.41. The van der Waals surface area contributed by atoms with Gasteiger partial charge < -0.3 is 9.88 Å². The zero-order valence-corrected chi connectivity index (χ0v) is 18.2. The molecule has 0 aliphatic heterocycles. The number of halogens is 1. The van der Waals surface area contributed by atoms with Gasteiger partial charge in [0, 0.05) is 24.5 Å². The van der Waals surface area contributed by atoms with Crippen LogP contribution in [0.2, 0.25) is 5.02 Å². The summed E-state index contributed by atoms with van der Waals surface area (Å²) >= 11 is 6.15. The first kappa shape index (κ1) is 21.1. The van der Waals surface area contributed by atoms with Crippen molar-refractivity contribution in [1.29, 1.82) is 0 Å². The molecule has 0 unspecified atom stereocenters. The molecule has 0 bridgehead atoms. The van der Waals surface area contributed by atoms with Crippen LogP contribution in [0.25, 0.3) is 11.0 Å². The van der Waals surface area contributed by atoms with Crippen molar-refractivity contribution >= 4 is 28.5 Å². The van der Waals surface area contributed by atoms with Gasteiger partial charge in [-0.2, -0.15) is 0 Å². The zero-order valence-electron chi connectivity index (χ0n) is 17.4. The highest BCUT2D eigenvalue weighted by molar-refractivity contribution is 6.31. The highest BCUT2D eigenvalue weighted by atomic mass is 35.5. The van der Waals surface area contributed by atoms with E-state index in [4.69, 9.17) is 16.6 Å². The van der Waals surface area contributed by atoms with Gasteiger partial charge in [0.15, 0.2) is 0 Å². The van der Waals surface area contributed by atoms with E-state index in [1.165, 1.54) is 5.56 Å². The van der Waals surface area contributed by atoms with Crippen LogP contribution in [0.3, 0.4) is 0 Å². The van der Waals surface area contributed by atoms with Crippen molar-refractivity contribution in [3.05, 3.63) is 101 Å². The summed E-state index contributed by atoms with van der Waals surface area (Å²) in [6, 6.07) is 26.2. The first-order valence-electron chi connectivity index (χ1n) is 10.7. The lowest BCUT2D eigenvalue weighted by Gasteiger charge is -2.10. The Balaban J connectivity index is 1.35. The number of nitrogens with zero attached hydrogens (tertiary/aromatic N) is 2. The first-order valence-corrected chi connectivity index (χ1v) is 11.1. The third-order valence-corrected chi connectivity index (χ3v) is 5.78. The van der Waals surface area contributed by atoms with Gasteiger partial charge >= 0.3 is 0 Å². The molecule has 5 heteroatoms. The largest absolute Gasteiger partial charge is 0.356 e. The summed E-state index contributed by atoms with van der Waals surface area (Å²) in [6.07, 6.45) is 2.91. The second-order valence-electron chi connectivity index (χ2n) is 7.63. The minimum Gasteiger partial charge on any atom is -0.356 e. The maximum Gasteiger partial charge on any atom is 0.224 e. The van der Waals surface area contributed by atoms with Crippen molar-refractivity contribution < 1.29 is 4.79 Å². The van der Waals surface area contributed by atoms with Crippen LogP contribution < -0.4 is 5.32 Å². The number of hydrogen-bond donors (Lipinski definition) is 1. The Morgan fingerprint density at radius 1 is 0.903 bits per heavy atom. The predicted octanol–water partition coefficient (Wildman–Crippen LogP) is 5.22. The maximum atomic E-state index is 12.3. The third kappa shape index (κ3) is 5.53. The Morgan fingerprint density at radius 3 is 2.48 bits per heavy atom. The molecule has 0 radical (unpaired) electrons. The van der Waals surface area contributed by atoms with Crippen LogP contribution in [-0.2, 0) is 30.6 Å². The van der Waals surface area contributed by atoms with E-state index >= 15 is 0 Å². The quantitative estimate of drug-likeness (QED) is 0.369. The average Bonchev–Trinajstić information content (AvgIpc) is 3.15. The molecule has 0 spiro atoms. The average molecular weight is 432 g/mol. The van der Waals surface area contributed by atoms with Crippen molar-refractivity contribution in [2.45, 2.75) is 32.2 Å². The molecule has 31 heavy (non-hydrogen) atoms. The van der Waals surface area contributed by atoms with Crippen LogP contribution in [0.15, 0.2) is 78.9 Å². The fraction of sp³-hybridized carbons (Fsp3) is 0.231. The van der Waals surface area contributed by atoms with Crippen LogP contribution in [0, 0.1) is 0 Å². The summed E-state index contributed by atoms with van der Waals surface area (Å²) in [4.78, 5) is 17.1. The van der Waals surface area contributed by atoms with Crippen LogP contribution >= 0.6 is 11.6 Å². The highest BCUT2D eigenvalue weighted by Crippen LogP contribution is 2.18. The molecule has 0 aliphatic carbocycles. The van der Waals surface area contributed by atoms with Crippen molar-refractivity contribution in [2.75, 3.05) is 6.54 Å². The molecule has 0 aliphatic rings. The maximum absolute atomic E-state index is 12.3. The number of aromatic nitrogens is 2. The lowest BCUT2D eigenvalue weighted by Crippen LogP contribution is -2.26. The second kappa shape index (κ2) is 10.3. The lowest BCUT2D eigenvalue weighted by molar-refractivity contribution is -0.120. The fourth-order valence-corrected chi connectivity index (χ4v) is 4.01. The molecule has 1 aromatic heterocycles. The number of imidazole rings is 1. The SMILES string of the molecule is O=C(Cc1ccccc1Cl)NCCCc1nc2ccccc2n1CCc1ccccc1. The van der Waals surface area contributed by atoms with Crippen molar-refractivity contribution in [1.82, 2.24) is 14.9 Å². The molecule has 1 amide bonds. The van der Waals surface area contributed by atoms with Gasteiger partial charge in [0.05, 0.1) is 17.5 Å². The minimum absolute atomic E-state index is 0.00863. The lowest BCUT2D eigenvalue weighted by atomic mass is 10.1. The summed E-state index contributed by atoms with van der Waals surface area (Å²) in [5.41, 5.74) is 4.35. The van der Waals surface area contributed by atoms with Crippen LogP contribution in [0.4, 0.5) is 0 Å². The van der Waals surface area contributed by atoms with Gasteiger partial charge in [-0.05, 0) is 42.2 Å². The van der Waals surface area contributed by atoms with E-state index in [0.717, 1.165) is 48.2 Å². The Hall–Kier alpha value is -3.11. The minimum atomic E-state index is -0.00863. The van der Waals surface area contributed by atoms with E-state index in [9.17, 15) is 4.79 Å². The van der Waals surface area contributed by atoms with Crippen molar-refractivity contribution in [2.24, 2.45) is 0 Å². The number of carbonyl (C=O) groups is 1. The van der Waals surface area contributed by atoms with Gasteiger partial charge in [0.2, 0.25) is 5.91 Å². The number of nitrogens with one attached hydrogen (secondary N) is 1. The smallest absolute Gasteiger partial charge is 0.224 e. The summed E-state index contributed by atoms with van der Waals surface area (Å²) < 4.78 is 2.31. The number of para-hydroxylation sites is 2. The molecule has 0 saturated heterocycles. The number of amides is 1. The summed E-state index contributed by atoms with van der Waals surface area (Å²) in [7, 11) is 0. The highest BCUT2D eigenvalue weighted by Gasteiger charge is 2.11. The summed E-state index contributed by atoms with van der Waals surface area (Å²) in [6.45, 7) is 1.50. The molecule has 4 nitrogen and oxygen atoms in total. The number of aryl methyl sites for hydroxylation is 3. The first-order chi connectivity index (χ1) is 15.2. The zero-order chi connectivity index (χ0) is 21.5. The molecule has 3 aromatic carbocycles. The molecule has 1 heterocycles. The van der Waals surface area contributed by atoms with Gasteiger partial charge in [-0.15, -0.1) is 0 Å². The Bertz CT molecular complexity index is 1150. The van der Waals surface area contributed by atoms with Crippen LogP contribution in [0.1, 0.15) is 23.4 Å². The van der Waals surface area contributed by atoms with Gasteiger partial charge in [-0.1, -0.05) is 72.3 Å². The van der Waals surface area contributed by atoms with Crippen molar-refractivity contribution in [3.8, 4) is 0 Å². The second-order valence-corrected chi connectivity index (χ2v) is 8.03. The summed E-state index contributed by atoms with van der Waals surface area (Å²) in [5, 5.41) is 3.63. The molecule has 158 valence electrons. The molecular weight excluding hydrogens is 406 g/mol. The summed E-state index contributed by atoms with van der Waals surface area (Å²) in [5.74, 6) is 1.06. The molecule has 0 fully saturated rings. The van der Waals surface area contributed by atoms with Gasteiger partial charge in [-0.25, -0.2) is 4.98 Å². The topological polar surface area (TPSA) is 46.9 Å². The van der Waals surface area contributed by atoms with Gasteiger partial charge in [-0.3, -0.25) is 4.79 Å². The van der Waals surface area contributed by atoms with E-state index in [1.807, 2.05) is 36.4 Å². The molecular formula is C26H26ClN3O. The molecule has 4 rings (SSSR count). The van der Waals surface area contributed by atoms with Gasteiger partial charge in [0.1, 0.15) is 5.82 Å². The fourth-order valence-electron chi connectivity index (χ4n) is 3.80. The van der Waals surface area contributed by atoms with E-state index in [-0.39, 0.29) is 5.91 Å². The van der Waals surface area contributed by atoms with Crippen molar-refractivity contribution in [3.63, 3.8) is 0 Å². The van der Waals surface area contributed by atoms with Gasteiger partial charge in [0.25, 0.3) is 0 Å². The molecule has 0 atom stereocenters. The van der Waals surface area contributed by atoms with E-state index in [1.54, 1.807) is 0 Å². The Labute approximate surface area is 187 Å². The molecule has 1 N–H and O–H groups in total. The standard InChI is InChI=1S/C26H26ClN3O/c27-22-12-5-4-11-21(22)19-26(31)28-17-8-15-25-29-23-13-6-7-14-24(23)30(25)18-16-20-9-2-1-3-10-20/h1-7,9-14H,8,15-19H2,(H,28,31). The Morgan fingerprint density at radius 2 is 1.65 bits per heavy atom. The van der Waals surface area contributed by atoms with E-state index < -0.39 is 0 Å². The predicted molar refractivity (Wildman–Crippen MR) is 126 cm³/mol. The number of benzene rings is 3. The number of rotatable bonds is 9. The molecule has 4 aromatic rings. The normalized spacial score (nSPS) is 11.0. The van der Waals surface area contributed by atoms with Crippen LogP contribution in [-0.4, -0.2) is 22.0 Å². The van der Waals surface area contributed by atoms with E-state index in [2.05, 4.69) is 52.3 Å². The Kier molecular flexibility index (Phi) is 7.00. The van der Waals surface area contributed by atoms with Crippen LogP contribution in [0.5, 0.6) is 0 Å². The number of hydrogen-bond acceptors (Lipinski definition) is 2. The monoisotopic (exact) mass is 431 g/mol. The number of fused-ring (bicyclic) bond motifs is 1.